The van der Waals surface area contributed by atoms with Gasteiger partial charge in [0.25, 0.3) is 0 Å². The monoisotopic (exact) mass is 544 g/mol. The quantitative estimate of drug-likeness (QED) is 0.528. The van der Waals surface area contributed by atoms with Gasteiger partial charge in [-0.05, 0) is 63.6 Å². The van der Waals surface area contributed by atoms with Crippen molar-refractivity contribution in [3.63, 3.8) is 0 Å². The first-order chi connectivity index (χ1) is 17.4. The highest BCUT2D eigenvalue weighted by Crippen LogP contribution is 2.26. The first-order valence-corrected chi connectivity index (χ1v) is 14.8. The molecule has 3 rings (SSSR count). The lowest BCUT2D eigenvalue weighted by Crippen LogP contribution is -2.46. The van der Waals surface area contributed by atoms with Crippen molar-refractivity contribution in [2.75, 3.05) is 33.2 Å². The number of nitrogens with zero attached hydrogens (tertiary/aromatic N) is 3. The van der Waals surface area contributed by atoms with Gasteiger partial charge in [0.15, 0.2) is 0 Å². The zero-order valence-corrected chi connectivity index (χ0v) is 23.7. The molecule has 0 aliphatic carbocycles. The average molecular weight is 545 g/mol. The van der Waals surface area contributed by atoms with E-state index >= 15 is 0 Å². The maximum Gasteiger partial charge on any atom is 0.407 e. The highest BCUT2D eigenvalue weighted by molar-refractivity contribution is 7.99. The Morgan fingerprint density at radius 2 is 1.59 bits per heavy atom. The van der Waals surface area contributed by atoms with Gasteiger partial charge < -0.3 is 15.0 Å². The van der Waals surface area contributed by atoms with Crippen LogP contribution >= 0.6 is 11.8 Å². The summed E-state index contributed by atoms with van der Waals surface area (Å²) in [4.78, 5) is 14.4. The van der Waals surface area contributed by atoms with Crippen molar-refractivity contribution in [3.05, 3.63) is 54.1 Å². The molecule has 37 heavy (non-hydrogen) atoms. The fourth-order valence-corrected chi connectivity index (χ4v) is 6.26. The second-order valence-electron chi connectivity index (χ2n) is 10.2. The Kier molecular flexibility index (Phi) is 9.64. The van der Waals surface area contributed by atoms with Gasteiger partial charge in [0.05, 0.1) is 17.0 Å². The number of amides is 1. The lowest BCUT2D eigenvalue weighted by molar-refractivity contribution is 0.0510. The van der Waals surface area contributed by atoms with Gasteiger partial charge in [-0.15, -0.1) is 11.8 Å². The minimum Gasteiger partial charge on any atom is -0.444 e. The molecular formula is C27H36N4O4S2. The number of hydrogen-bond donors (Lipinski definition) is 1. The standard InChI is InChI=1S/C27H36N4O4S2/c1-20(29-26(32)35-27(2,3)4)25(18-28)36-19-21-6-8-22(9-7-21)23-10-12-24(13-11-23)37(33,34)31-16-14-30(5)15-17-31/h6-13,20,25H,14-17,19H2,1-5H3,(H,29,32). The molecule has 2 atom stereocenters. The third-order valence-corrected chi connectivity index (χ3v) is 9.28. The van der Waals surface area contributed by atoms with E-state index < -0.39 is 27.0 Å². The van der Waals surface area contributed by atoms with Crippen molar-refractivity contribution in [1.29, 1.82) is 5.26 Å². The van der Waals surface area contributed by atoms with Crippen LogP contribution in [0.5, 0.6) is 0 Å². The number of benzene rings is 2. The van der Waals surface area contributed by atoms with Crippen molar-refractivity contribution < 1.29 is 17.9 Å². The van der Waals surface area contributed by atoms with Crippen LogP contribution in [-0.2, 0) is 20.5 Å². The number of nitriles is 1. The second kappa shape index (κ2) is 12.3. The summed E-state index contributed by atoms with van der Waals surface area (Å²) in [5, 5.41) is 11.9. The van der Waals surface area contributed by atoms with Crippen molar-refractivity contribution in [3.8, 4) is 17.2 Å². The lowest BCUT2D eigenvalue weighted by atomic mass is 10.0. The van der Waals surface area contributed by atoms with Crippen molar-refractivity contribution in [2.24, 2.45) is 0 Å². The van der Waals surface area contributed by atoms with Gasteiger partial charge in [-0.2, -0.15) is 9.57 Å². The smallest absolute Gasteiger partial charge is 0.407 e. The molecule has 1 N–H and O–H groups in total. The van der Waals surface area contributed by atoms with Gasteiger partial charge in [-0.25, -0.2) is 13.2 Å². The number of hydrogen-bond acceptors (Lipinski definition) is 7. The molecule has 200 valence electrons. The summed E-state index contributed by atoms with van der Waals surface area (Å²) in [6.07, 6.45) is -0.535. The SMILES string of the molecule is CC(NC(=O)OC(C)(C)C)C(C#N)SCc1ccc(-c2ccc(S(=O)(=O)N3CCN(C)CC3)cc2)cc1. The number of nitrogens with one attached hydrogen (secondary N) is 1. The number of alkyl carbamates (subject to hydrolysis) is 1. The van der Waals surface area contributed by atoms with E-state index in [1.165, 1.54) is 11.8 Å². The van der Waals surface area contributed by atoms with Crippen LogP contribution in [0.4, 0.5) is 4.79 Å². The molecule has 0 aromatic heterocycles. The highest BCUT2D eigenvalue weighted by atomic mass is 32.2. The zero-order chi connectivity index (χ0) is 27.2. The Hall–Kier alpha value is -2.58. The van der Waals surface area contributed by atoms with Crippen LogP contribution in [0.1, 0.15) is 33.3 Å². The number of likely N-dealkylation sites (N-methyl/N-ethyl adjacent to an activating group) is 1. The molecule has 0 saturated carbocycles. The number of piperazine rings is 1. The Morgan fingerprint density at radius 3 is 2.11 bits per heavy atom. The minimum absolute atomic E-state index is 0.311. The number of carbonyl (C=O) groups excluding carboxylic acids is 1. The molecule has 1 heterocycles. The molecule has 1 fully saturated rings. The molecule has 2 aromatic rings. The normalized spacial score (nSPS) is 17.0. The third-order valence-electron chi connectivity index (χ3n) is 6.00. The fourth-order valence-electron chi connectivity index (χ4n) is 3.84. The van der Waals surface area contributed by atoms with Gasteiger partial charge in [-0.3, -0.25) is 0 Å². The summed E-state index contributed by atoms with van der Waals surface area (Å²) in [6.45, 7) is 9.64. The second-order valence-corrected chi connectivity index (χ2v) is 13.3. The molecule has 0 spiro atoms. The van der Waals surface area contributed by atoms with E-state index in [-0.39, 0.29) is 6.04 Å². The molecule has 0 bridgehead atoms. The van der Waals surface area contributed by atoms with E-state index in [0.717, 1.165) is 29.8 Å². The van der Waals surface area contributed by atoms with Crippen LogP contribution in [-0.4, -0.2) is 73.8 Å². The molecule has 1 aliphatic heterocycles. The van der Waals surface area contributed by atoms with E-state index in [1.807, 2.05) is 43.4 Å². The van der Waals surface area contributed by atoms with E-state index in [1.54, 1.807) is 44.1 Å². The molecule has 1 saturated heterocycles. The summed E-state index contributed by atoms with van der Waals surface area (Å²) in [6, 6.07) is 16.9. The third kappa shape index (κ3) is 8.20. The molecule has 2 unspecified atom stereocenters. The molecule has 10 heteroatoms. The predicted octanol–water partition coefficient (Wildman–Crippen LogP) is 4.33. The van der Waals surface area contributed by atoms with Crippen LogP contribution in [0.2, 0.25) is 0 Å². The summed E-state index contributed by atoms with van der Waals surface area (Å²) >= 11 is 1.46. The minimum atomic E-state index is -3.49. The molecule has 1 aliphatic rings. The molecular weight excluding hydrogens is 508 g/mol. The van der Waals surface area contributed by atoms with Crippen LogP contribution in [0, 0.1) is 11.3 Å². The maximum atomic E-state index is 13.0. The number of rotatable bonds is 8. The van der Waals surface area contributed by atoms with E-state index in [9.17, 15) is 18.5 Å². The van der Waals surface area contributed by atoms with Gasteiger partial charge >= 0.3 is 6.09 Å². The van der Waals surface area contributed by atoms with E-state index in [4.69, 9.17) is 4.74 Å². The average Bonchev–Trinajstić information content (AvgIpc) is 2.84. The van der Waals surface area contributed by atoms with E-state index in [0.29, 0.717) is 23.7 Å². The molecule has 0 radical (unpaired) electrons. The summed E-state index contributed by atoms with van der Waals surface area (Å²) in [5.41, 5.74) is 2.36. The lowest BCUT2D eigenvalue weighted by Gasteiger charge is -2.31. The molecule has 8 nitrogen and oxygen atoms in total. The van der Waals surface area contributed by atoms with Crippen molar-refractivity contribution in [2.45, 2.75) is 55.2 Å². The Morgan fingerprint density at radius 1 is 1.05 bits per heavy atom. The largest absolute Gasteiger partial charge is 0.444 e. The highest BCUT2D eigenvalue weighted by Gasteiger charge is 2.27. The van der Waals surface area contributed by atoms with Gasteiger partial charge in [0, 0.05) is 31.9 Å². The first kappa shape index (κ1) is 29.0. The summed E-state index contributed by atoms with van der Waals surface area (Å²) < 4.78 is 32.7. The fraction of sp³-hybridized carbons (Fsp3) is 0.481. The van der Waals surface area contributed by atoms with Crippen LogP contribution < -0.4 is 5.32 Å². The molecule has 2 aromatic carbocycles. The predicted molar refractivity (Wildman–Crippen MR) is 148 cm³/mol. The van der Waals surface area contributed by atoms with Crippen LogP contribution in [0.3, 0.4) is 0 Å². The topological polar surface area (TPSA) is 103 Å². The van der Waals surface area contributed by atoms with Gasteiger partial charge in [0.2, 0.25) is 10.0 Å². The number of sulfonamides is 1. The maximum absolute atomic E-state index is 13.0. The van der Waals surface area contributed by atoms with E-state index in [2.05, 4.69) is 16.3 Å². The Bertz CT molecular complexity index is 1190. The van der Waals surface area contributed by atoms with Crippen LogP contribution in [0.15, 0.2) is 53.4 Å². The van der Waals surface area contributed by atoms with Gasteiger partial charge in [0.1, 0.15) is 10.9 Å². The molecule has 1 amide bonds. The van der Waals surface area contributed by atoms with Crippen molar-refractivity contribution >= 4 is 27.9 Å². The summed E-state index contributed by atoms with van der Waals surface area (Å²) in [7, 11) is -1.49. The number of thioether (sulfide) groups is 1. The number of carbonyl (C=O) groups is 1. The zero-order valence-electron chi connectivity index (χ0n) is 22.1. The number of ether oxygens (including phenoxy) is 1. The van der Waals surface area contributed by atoms with Crippen molar-refractivity contribution in [1.82, 2.24) is 14.5 Å². The Balaban J connectivity index is 1.58. The summed E-state index contributed by atoms with van der Waals surface area (Å²) in [5.74, 6) is 0.612. The first-order valence-electron chi connectivity index (χ1n) is 12.3. The van der Waals surface area contributed by atoms with Gasteiger partial charge in [-0.1, -0.05) is 36.4 Å². The Labute approximate surface area is 225 Å². The van der Waals surface area contributed by atoms with Crippen LogP contribution in [0.25, 0.3) is 11.1 Å².